The fourth-order valence-corrected chi connectivity index (χ4v) is 0.321. The fourth-order valence-electron chi connectivity index (χ4n) is 0.321. The Labute approximate surface area is 114 Å². The Hall–Kier alpha value is -2.34. The molecule has 6 N–H and O–H groups in total. The van der Waals surface area contributed by atoms with Crippen LogP contribution in [0.1, 0.15) is 0 Å². The third-order valence-electron chi connectivity index (χ3n) is 0.556. The molecule has 13 heteroatoms. The SMILES string of the molecule is O=[N+](O)O.O=[N+](O)O.O=[N+](O)O.[Ti].c1cc[cH-]c1. The van der Waals surface area contributed by atoms with Crippen molar-refractivity contribution in [1.29, 1.82) is 0 Å². The molecule has 1 rings (SSSR count). The molecule has 0 fully saturated rings. The van der Waals surface area contributed by atoms with E-state index in [1.54, 1.807) is 0 Å². The normalized spacial score (nSPS) is 6.22. The Morgan fingerprint density at radius 2 is 0.833 bits per heavy atom. The van der Waals surface area contributed by atoms with E-state index in [1.807, 2.05) is 30.3 Å². The molecular weight excluding hydrogens is 294 g/mol. The van der Waals surface area contributed by atoms with Crippen LogP contribution in [0.25, 0.3) is 0 Å². The third kappa shape index (κ3) is 309. The van der Waals surface area contributed by atoms with Gasteiger partial charge in [0.05, 0.1) is 0 Å². The van der Waals surface area contributed by atoms with Gasteiger partial charge in [0.25, 0.3) is 0 Å². The summed E-state index contributed by atoms with van der Waals surface area (Å²) in [5.74, 6) is 0. The first-order chi connectivity index (χ1) is 7.70. The summed E-state index contributed by atoms with van der Waals surface area (Å²) in [6.45, 7) is 0. The van der Waals surface area contributed by atoms with Crippen LogP contribution in [0.4, 0.5) is 0 Å². The molecule has 0 aliphatic carbocycles. The molecule has 0 amide bonds. The molecule has 1 aromatic carbocycles. The van der Waals surface area contributed by atoms with Crippen molar-refractivity contribution < 1.29 is 68.2 Å². The number of hydrogen-bond donors (Lipinski definition) is 6. The smallest absolute Gasteiger partial charge is 0.214 e. The topological polar surface area (TPSA) is 182 Å². The standard InChI is InChI=1S/C5H5.3H2NO3.Ti/c1-2-4-5-3-1;3*2-1(3)4;/h1-5H;3*(H2,2,3,4);/q-1;3*+1;. The molecular formula is C5H11N3O9Ti+2. The molecule has 0 radical (unpaired) electrons. The van der Waals surface area contributed by atoms with Crippen LogP contribution in [-0.4, -0.2) is 46.5 Å². The number of rotatable bonds is 0. The Kier molecular flexibility index (Phi) is 27.7. The second kappa shape index (κ2) is 20.1. The predicted octanol–water partition coefficient (Wildman–Crippen LogP) is 0.0341. The van der Waals surface area contributed by atoms with Crippen molar-refractivity contribution in [3.8, 4) is 0 Å². The zero-order valence-corrected chi connectivity index (χ0v) is 10.2. The summed E-state index contributed by atoms with van der Waals surface area (Å²) in [6, 6.07) is 10.0. The van der Waals surface area contributed by atoms with Crippen LogP contribution < -0.4 is 0 Å². The second-order valence-electron chi connectivity index (χ2n) is 1.72. The van der Waals surface area contributed by atoms with Crippen LogP contribution in [0.15, 0.2) is 30.3 Å². The second-order valence-corrected chi connectivity index (χ2v) is 1.72. The molecule has 1 aromatic rings. The molecule has 0 aliphatic rings. The van der Waals surface area contributed by atoms with Gasteiger partial charge in [-0.3, -0.25) is 0 Å². The van der Waals surface area contributed by atoms with Gasteiger partial charge in [-0.05, 0) is 0 Å². The zero-order valence-electron chi connectivity index (χ0n) is 8.64. The van der Waals surface area contributed by atoms with Crippen molar-refractivity contribution in [3.05, 3.63) is 45.1 Å². The first-order valence-electron chi connectivity index (χ1n) is 3.41. The van der Waals surface area contributed by atoms with Crippen molar-refractivity contribution in [3.63, 3.8) is 0 Å². The van der Waals surface area contributed by atoms with Crippen LogP contribution in [-0.2, 0) is 21.7 Å². The average Bonchev–Trinajstić information content (AvgIpc) is 2.53. The Morgan fingerprint density at radius 3 is 0.889 bits per heavy atom. The van der Waals surface area contributed by atoms with Gasteiger partial charge < -0.3 is 0 Å². The average molecular weight is 305 g/mol. The Balaban J connectivity index is -0.0000000719. The van der Waals surface area contributed by atoms with Crippen molar-refractivity contribution in [2.24, 2.45) is 0 Å². The molecule has 0 aromatic heterocycles. The minimum atomic E-state index is -1.25. The molecule has 0 heterocycles. The molecule has 0 spiro atoms. The summed E-state index contributed by atoms with van der Waals surface area (Å²) < 4.78 is 0. The maximum absolute atomic E-state index is 8.47. The molecule has 0 atom stereocenters. The maximum Gasteiger partial charge on any atom is 0.472 e. The Bertz CT molecular complexity index is 245. The van der Waals surface area contributed by atoms with E-state index in [0.29, 0.717) is 0 Å². The van der Waals surface area contributed by atoms with Crippen molar-refractivity contribution in [1.82, 2.24) is 0 Å². The van der Waals surface area contributed by atoms with E-state index < -0.39 is 15.3 Å². The van der Waals surface area contributed by atoms with Gasteiger partial charge in [0.1, 0.15) is 14.7 Å². The van der Waals surface area contributed by atoms with E-state index in [4.69, 9.17) is 46.0 Å². The van der Waals surface area contributed by atoms with Gasteiger partial charge in [0.2, 0.25) is 0 Å². The number of nitrogens with zero attached hydrogens (tertiary/aromatic N) is 3. The van der Waals surface area contributed by atoms with Gasteiger partial charge in [0, 0.05) is 21.7 Å². The summed E-state index contributed by atoms with van der Waals surface area (Å²) in [5.41, 5.74) is 0. The third-order valence-corrected chi connectivity index (χ3v) is 0.556. The monoisotopic (exact) mass is 305 g/mol. The van der Waals surface area contributed by atoms with Crippen LogP contribution in [0.3, 0.4) is 0 Å². The summed E-state index contributed by atoms with van der Waals surface area (Å²) in [5, 5.41) is 37.6. The van der Waals surface area contributed by atoms with E-state index >= 15 is 0 Å². The van der Waals surface area contributed by atoms with Crippen molar-refractivity contribution >= 4 is 0 Å². The van der Waals surface area contributed by atoms with Gasteiger partial charge in [-0.25, -0.2) is 43.4 Å². The first-order valence-corrected chi connectivity index (χ1v) is 3.41. The zero-order chi connectivity index (χ0) is 14.3. The quantitative estimate of drug-likeness (QED) is 0.219. The van der Waals surface area contributed by atoms with Gasteiger partial charge in [-0.1, -0.05) is 0 Å². The first kappa shape index (κ1) is 24.8. The van der Waals surface area contributed by atoms with Crippen molar-refractivity contribution in [2.75, 3.05) is 0 Å². The molecule has 0 bridgehead atoms. The van der Waals surface area contributed by atoms with E-state index in [2.05, 4.69) is 0 Å². The Morgan fingerprint density at radius 1 is 0.667 bits per heavy atom. The summed E-state index contributed by atoms with van der Waals surface area (Å²) in [7, 11) is 0. The molecule has 0 saturated carbocycles. The summed E-state index contributed by atoms with van der Waals surface area (Å²) in [4.78, 5) is 25.4. The minimum absolute atomic E-state index is 0. The molecule has 0 saturated heterocycles. The van der Waals surface area contributed by atoms with Gasteiger partial charge >= 0.3 is 15.3 Å². The van der Waals surface area contributed by atoms with E-state index in [-0.39, 0.29) is 21.7 Å². The van der Waals surface area contributed by atoms with Gasteiger partial charge in [-0.2, -0.15) is 18.2 Å². The minimum Gasteiger partial charge on any atom is -0.214 e. The van der Waals surface area contributed by atoms with Crippen molar-refractivity contribution in [2.45, 2.75) is 0 Å². The number of hydrogen-bond acceptors (Lipinski definition) is 3. The summed E-state index contributed by atoms with van der Waals surface area (Å²) in [6.07, 6.45) is 0. The maximum atomic E-state index is 8.47. The molecule has 0 aliphatic heterocycles. The van der Waals surface area contributed by atoms with E-state index in [0.717, 1.165) is 0 Å². The van der Waals surface area contributed by atoms with E-state index in [1.165, 1.54) is 0 Å². The molecule has 0 unspecified atom stereocenters. The predicted molar refractivity (Wildman–Crippen MR) is 43.6 cm³/mol. The largest absolute Gasteiger partial charge is 0.472 e. The van der Waals surface area contributed by atoms with E-state index in [9.17, 15) is 0 Å². The van der Waals surface area contributed by atoms with Crippen LogP contribution in [0, 0.1) is 14.7 Å². The molecule has 12 nitrogen and oxygen atoms in total. The molecule has 102 valence electrons. The van der Waals surface area contributed by atoms with Crippen LogP contribution >= 0.6 is 0 Å². The van der Waals surface area contributed by atoms with Gasteiger partial charge in [0.15, 0.2) is 0 Å². The fraction of sp³-hybridized carbons (Fsp3) is 0. The van der Waals surface area contributed by atoms with Crippen LogP contribution in [0.5, 0.6) is 0 Å². The summed E-state index contributed by atoms with van der Waals surface area (Å²) >= 11 is 0. The molecule has 18 heavy (non-hydrogen) atoms. The van der Waals surface area contributed by atoms with Gasteiger partial charge in [-0.15, -0.1) is 0 Å². The van der Waals surface area contributed by atoms with Crippen LogP contribution in [0.2, 0.25) is 0 Å².